The lowest BCUT2D eigenvalue weighted by Gasteiger charge is -2.27. The van der Waals surface area contributed by atoms with Crippen LogP contribution in [0.1, 0.15) is 41.8 Å². The number of rotatable bonds is 4. The van der Waals surface area contributed by atoms with Crippen LogP contribution < -0.4 is 0 Å². The van der Waals surface area contributed by atoms with Crippen LogP contribution >= 0.6 is 22.9 Å². The first-order valence-corrected chi connectivity index (χ1v) is 7.30. The zero-order valence-electron chi connectivity index (χ0n) is 9.95. The van der Waals surface area contributed by atoms with Crippen LogP contribution in [-0.2, 0) is 4.74 Å². The Morgan fingerprint density at radius 3 is 2.71 bits per heavy atom. The first-order valence-electron chi connectivity index (χ1n) is 6.04. The first-order chi connectivity index (χ1) is 8.24. The van der Waals surface area contributed by atoms with Crippen molar-refractivity contribution in [1.82, 2.24) is 0 Å². The number of carbonyl (C=O) groups excluding carboxylic acids is 1. The lowest BCUT2D eigenvalue weighted by atomic mass is 9.83. The average molecular weight is 273 g/mol. The van der Waals surface area contributed by atoms with Crippen LogP contribution in [0.3, 0.4) is 0 Å². The highest BCUT2D eigenvalue weighted by molar-refractivity contribution is 7.12. The van der Waals surface area contributed by atoms with Crippen molar-refractivity contribution in [2.75, 3.05) is 7.11 Å². The quantitative estimate of drug-likeness (QED) is 0.769. The van der Waals surface area contributed by atoms with Crippen molar-refractivity contribution in [2.24, 2.45) is 5.92 Å². The molecule has 0 radical (unpaired) electrons. The fourth-order valence-electron chi connectivity index (χ4n) is 2.55. The zero-order chi connectivity index (χ0) is 12.3. The van der Waals surface area contributed by atoms with Gasteiger partial charge in [-0.3, -0.25) is 4.79 Å². The van der Waals surface area contributed by atoms with Crippen molar-refractivity contribution in [3.63, 3.8) is 0 Å². The minimum Gasteiger partial charge on any atom is -0.373 e. The molecule has 0 amide bonds. The molecule has 4 heteroatoms. The van der Waals surface area contributed by atoms with E-state index in [1.165, 1.54) is 30.6 Å². The predicted octanol–water partition coefficient (Wildman–Crippen LogP) is 4.18. The maximum absolute atomic E-state index is 12.4. The van der Waals surface area contributed by atoms with Crippen molar-refractivity contribution in [2.45, 2.75) is 38.2 Å². The summed E-state index contributed by atoms with van der Waals surface area (Å²) in [5.74, 6) is 0.416. The number of ketones is 1. The van der Waals surface area contributed by atoms with E-state index in [0.717, 1.165) is 12.8 Å². The van der Waals surface area contributed by atoms with Crippen LogP contribution in [0.5, 0.6) is 0 Å². The molecule has 1 saturated carbocycles. The summed E-state index contributed by atoms with van der Waals surface area (Å²) in [7, 11) is 1.62. The average Bonchev–Trinajstić information content (AvgIpc) is 2.77. The number of hydrogen-bond acceptors (Lipinski definition) is 3. The second kappa shape index (κ2) is 5.98. The van der Waals surface area contributed by atoms with E-state index >= 15 is 0 Å². The van der Waals surface area contributed by atoms with Crippen LogP contribution in [0.4, 0.5) is 0 Å². The highest BCUT2D eigenvalue weighted by atomic mass is 35.5. The van der Waals surface area contributed by atoms with Crippen molar-refractivity contribution in [3.05, 3.63) is 21.3 Å². The summed E-state index contributed by atoms with van der Waals surface area (Å²) in [4.78, 5) is 13.0. The lowest BCUT2D eigenvalue weighted by molar-refractivity contribution is 0.0318. The summed E-state index contributed by atoms with van der Waals surface area (Å²) in [6, 6.07) is 1.77. The van der Waals surface area contributed by atoms with Gasteiger partial charge in [0.15, 0.2) is 0 Å². The molecule has 2 rings (SSSR count). The van der Waals surface area contributed by atoms with Gasteiger partial charge < -0.3 is 4.74 Å². The van der Waals surface area contributed by atoms with Gasteiger partial charge in [-0.05, 0) is 30.2 Å². The SMILES string of the molecule is COC(C(=O)c1sccc1Cl)C1CCCCC1. The monoisotopic (exact) mass is 272 g/mol. The Bertz CT molecular complexity index is 383. The van der Waals surface area contributed by atoms with Crippen molar-refractivity contribution < 1.29 is 9.53 Å². The van der Waals surface area contributed by atoms with E-state index in [4.69, 9.17) is 16.3 Å². The lowest BCUT2D eigenvalue weighted by Crippen LogP contribution is -2.32. The Morgan fingerprint density at radius 2 is 2.18 bits per heavy atom. The number of ether oxygens (including phenoxy) is 1. The molecular weight excluding hydrogens is 256 g/mol. The van der Waals surface area contributed by atoms with Crippen LogP contribution in [0.2, 0.25) is 5.02 Å². The fraction of sp³-hybridized carbons (Fsp3) is 0.615. The molecule has 1 aromatic rings. The van der Waals surface area contributed by atoms with Gasteiger partial charge in [-0.25, -0.2) is 0 Å². The Labute approximate surface area is 111 Å². The smallest absolute Gasteiger partial charge is 0.203 e. The van der Waals surface area contributed by atoms with E-state index in [-0.39, 0.29) is 11.9 Å². The van der Waals surface area contributed by atoms with Crippen LogP contribution in [0.15, 0.2) is 11.4 Å². The Morgan fingerprint density at radius 1 is 1.47 bits per heavy atom. The predicted molar refractivity (Wildman–Crippen MR) is 71.0 cm³/mol. The van der Waals surface area contributed by atoms with E-state index in [1.54, 1.807) is 13.2 Å². The van der Waals surface area contributed by atoms with Crippen molar-refractivity contribution >= 4 is 28.7 Å². The molecule has 0 saturated heterocycles. The standard InChI is InChI=1S/C13H17ClO2S/c1-16-12(9-5-3-2-4-6-9)11(15)13-10(14)7-8-17-13/h7-9,12H,2-6H2,1H3. The third kappa shape index (κ3) is 2.90. The van der Waals surface area contributed by atoms with E-state index in [2.05, 4.69) is 0 Å². The van der Waals surface area contributed by atoms with Crippen LogP contribution in [0.25, 0.3) is 0 Å². The summed E-state index contributed by atoms with van der Waals surface area (Å²) in [5, 5.41) is 2.40. The van der Waals surface area contributed by atoms with E-state index in [0.29, 0.717) is 15.8 Å². The van der Waals surface area contributed by atoms with Crippen molar-refractivity contribution in [1.29, 1.82) is 0 Å². The molecule has 0 aliphatic heterocycles. The molecule has 1 aromatic heterocycles. The molecule has 1 heterocycles. The highest BCUT2D eigenvalue weighted by Gasteiger charge is 2.31. The van der Waals surface area contributed by atoms with Gasteiger partial charge in [0.25, 0.3) is 0 Å². The molecule has 1 aliphatic carbocycles. The zero-order valence-corrected chi connectivity index (χ0v) is 11.5. The van der Waals surface area contributed by atoms with E-state index in [9.17, 15) is 4.79 Å². The van der Waals surface area contributed by atoms with Gasteiger partial charge in [-0.1, -0.05) is 30.9 Å². The number of halogens is 1. The molecule has 0 bridgehead atoms. The molecule has 1 atom stereocenters. The summed E-state index contributed by atoms with van der Waals surface area (Å²) < 4.78 is 5.43. The van der Waals surface area contributed by atoms with Gasteiger partial charge in [-0.15, -0.1) is 11.3 Å². The van der Waals surface area contributed by atoms with Crippen LogP contribution in [0, 0.1) is 5.92 Å². The molecule has 1 aliphatic rings. The van der Waals surface area contributed by atoms with Gasteiger partial charge in [0, 0.05) is 7.11 Å². The number of methoxy groups -OCH3 is 1. The Balaban J connectivity index is 2.12. The van der Waals surface area contributed by atoms with Crippen LogP contribution in [-0.4, -0.2) is 19.0 Å². The van der Waals surface area contributed by atoms with E-state index < -0.39 is 0 Å². The fourth-order valence-corrected chi connectivity index (χ4v) is 3.67. The number of Topliss-reactive ketones (excluding diaryl/α,β-unsaturated/α-hetero) is 1. The second-order valence-corrected chi connectivity index (χ2v) is 5.84. The molecule has 0 aromatic carbocycles. The minimum atomic E-state index is -0.313. The van der Waals surface area contributed by atoms with Gasteiger partial charge >= 0.3 is 0 Å². The number of hydrogen-bond donors (Lipinski definition) is 0. The molecule has 0 N–H and O–H groups in total. The molecular formula is C13H17ClO2S. The third-order valence-corrected chi connectivity index (χ3v) is 4.79. The molecule has 17 heavy (non-hydrogen) atoms. The number of thiophene rings is 1. The third-order valence-electron chi connectivity index (χ3n) is 3.43. The molecule has 0 spiro atoms. The van der Waals surface area contributed by atoms with Crippen molar-refractivity contribution in [3.8, 4) is 0 Å². The summed E-state index contributed by atoms with van der Waals surface area (Å²) >= 11 is 7.41. The Kier molecular flexibility index (Phi) is 4.60. The van der Waals surface area contributed by atoms with Gasteiger partial charge in [-0.2, -0.15) is 0 Å². The first kappa shape index (κ1) is 13.1. The van der Waals surface area contributed by atoms with E-state index in [1.807, 2.05) is 5.38 Å². The molecule has 1 unspecified atom stereocenters. The second-order valence-electron chi connectivity index (χ2n) is 4.52. The van der Waals surface area contributed by atoms with Gasteiger partial charge in [0.05, 0.1) is 9.90 Å². The summed E-state index contributed by atoms with van der Waals surface area (Å²) in [6.07, 6.45) is 5.55. The largest absolute Gasteiger partial charge is 0.373 e. The highest BCUT2D eigenvalue weighted by Crippen LogP contribution is 2.32. The minimum absolute atomic E-state index is 0.0550. The topological polar surface area (TPSA) is 26.3 Å². The Hall–Kier alpha value is -0.380. The maximum Gasteiger partial charge on any atom is 0.203 e. The maximum atomic E-state index is 12.4. The molecule has 2 nitrogen and oxygen atoms in total. The molecule has 1 fully saturated rings. The number of carbonyl (C=O) groups is 1. The normalized spacial score (nSPS) is 19.2. The van der Waals surface area contributed by atoms with Gasteiger partial charge in [0.2, 0.25) is 5.78 Å². The summed E-state index contributed by atoms with van der Waals surface area (Å²) in [6.45, 7) is 0. The molecule has 94 valence electrons. The summed E-state index contributed by atoms with van der Waals surface area (Å²) in [5.41, 5.74) is 0. The van der Waals surface area contributed by atoms with Gasteiger partial charge in [0.1, 0.15) is 6.10 Å².